The maximum absolute atomic E-state index is 12.4. The molecule has 0 saturated heterocycles. The van der Waals surface area contributed by atoms with Crippen molar-refractivity contribution in [2.45, 2.75) is 12.1 Å². The lowest BCUT2D eigenvalue weighted by molar-refractivity contribution is 0.0209. The first-order valence-corrected chi connectivity index (χ1v) is 12.7. The van der Waals surface area contributed by atoms with Gasteiger partial charge in [-0.25, -0.2) is 9.78 Å². The lowest BCUT2D eigenvalue weighted by atomic mass is 10.0. The standard InChI is InChI=1S/C26H22BrN3O6S/c27-21-8-16(25(33)36-15-26(29,13-31)14-32)3-4-18(21)12-35-24-20(10-28)19(17-5-6-34-11-17)9-22(30-24)23-2-1-7-37-23/h1-9,11,31-32H,12-15,29H2. The van der Waals surface area contributed by atoms with Crippen molar-refractivity contribution in [3.63, 3.8) is 0 Å². The van der Waals surface area contributed by atoms with Crippen molar-refractivity contribution in [2.24, 2.45) is 5.73 Å². The van der Waals surface area contributed by atoms with E-state index in [4.69, 9.17) is 19.6 Å². The van der Waals surface area contributed by atoms with Gasteiger partial charge in [0.05, 0.1) is 47.4 Å². The number of benzene rings is 1. The van der Waals surface area contributed by atoms with E-state index in [2.05, 4.69) is 27.0 Å². The molecule has 1 aromatic carbocycles. The summed E-state index contributed by atoms with van der Waals surface area (Å²) in [4.78, 5) is 17.9. The third-order valence-electron chi connectivity index (χ3n) is 5.48. The number of hydrogen-bond acceptors (Lipinski definition) is 10. The number of pyridine rings is 1. The molecule has 190 valence electrons. The van der Waals surface area contributed by atoms with Gasteiger partial charge in [0.25, 0.3) is 0 Å². The highest BCUT2D eigenvalue weighted by Gasteiger charge is 2.26. The molecule has 0 fully saturated rings. The lowest BCUT2D eigenvalue weighted by Crippen LogP contribution is -2.51. The van der Waals surface area contributed by atoms with E-state index in [1.807, 2.05) is 23.6 Å². The Kier molecular flexibility index (Phi) is 8.38. The van der Waals surface area contributed by atoms with Crippen LogP contribution in [0.25, 0.3) is 21.7 Å². The molecule has 0 spiro atoms. The minimum absolute atomic E-state index is 0.0667. The summed E-state index contributed by atoms with van der Waals surface area (Å²) >= 11 is 4.97. The van der Waals surface area contributed by atoms with E-state index in [0.29, 0.717) is 21.3 Å². The van der Waals surface area contributed by atoms with Gasteiger partial charge in [-0.15, -0.1) is 11.3 Å². The van der Waals surface area contributed by atoms with Gasteiger partial charge in [0.15, 0.2) is 0 Å². The van der Waals surface area contributed by atoms with Crippen LogP contribution in [0.4, 0.5) is 0 Å². The second-order valence-electron chi connectivity index (χ2n) is 8.19. The van der Waals surface area contributed by atoms with Crippen LogP contribution >= 0.6 is 27.3 Å². The van der Waals surface area contributed by atoms with Crippen LogP contribution in [0.2, 0.25) is 0 Å². The van der Waals surface area contributed by atoms with Crippen molar-refractivity contribution in [2.75, 3.05) is 19.8 Å². The Balaban J connectivity index is 1.56. The second-order valence-corrected chi connectivity index (χ2v) is 9.99. The number of aliphatic hydroxyl groups excluding tert-OH is 2. The normalized spacial score (nSPS) is 11.2. The molecule has 0 aliphatic rings. The third kappa shape index (κ3) is 6.07. The summed E-state index contributed by atoms with van der Waals surface area (Å²) in [5.74, 6) is -0.487. The number of carbonyl (C=O) groups is 1. The van der Waals surface area contributed by atoms with Crippen LogP contribution in [0.1, 0.15) is 21.5 Å². The van der Waals surface area contributed by atoms with Gasteiger partial charge in [0.1, 0.15) is 24.8 Å². The first-order chi connectivity index (χ1) is 17.9. The lowest BCUT2D eigenvalue weighted by Gasteiger charge is -2.23. The molecule has 37 heavy (non-hydrogen) atoms. The molecule has 4 aromatic rings. The molecule has 9 nitrogen and oxygen atoms in total. The van der Waals surface area contributed by atoms with Gasteiger partial charge in [-0.2, -0.15) is 5.26 Å². The molecule has 0 amide bonds. The van der Waals surface area contributed by atoms with Crippen LogP contribution in [-0.2, 0) is 11.3 Å². The van der Waals surface area contributed by atoms with E-state index in [9.17, 15) is 20.3 Å². The first kappa shape index (κ1) is 26.5. The average Bonchev–Trinajstić information content (AvgIpc) is 3.65. The van der Waals surface area contributed by atoms with Gasteiger partial charge in [-0.3, -0.25) is 0 Å². The molecule has 0 saturated carbocycles. The van der Waals surface area contributed by atoms with Gasteiger partial charge in [0, 0.05) is 21.2 Å². The predicted molar refractivity (Wildman–Crippen MR) is 140 cm³/mol. The Morgan fingerprint density at radius 3 is 2.68 bits per heavy atom. The number of nitriles is 1. The number of rotatable bonds is 10. The van der Waals surface area contributed by atoms with E-state index in [1.54, 1.807) is 30.5 Å². The maximum Gasteiger partial charge on any atom is 0.338 e. The summed E-state index contributed by atoms with van der Waals surface area (Å²) in [5.41, 5.74) is 7.58. The smallest absolute Gasteiger partial charge is 0.338 e. The van der Waals surface area contributed by atoms with E-state index >= 15 is 0 Å². The fourth-order valence-electron chi connectivity index (χ4n) is 3.30. The van der Waals surface area contributed by atoms with Crippen LogP contribution in [0, 0.1) is 11.3 Å². The van der Waals surface area contributed by atoms with Gasteiger partial charge < -0.3 is 29.8 Å². The average molecular weight is 584 g/mol. The number of nitrogens with zero attached hydrogens (tertiary/aromatic N) is 2. The summed E-state index contributed by atoms with van der Waals surface area (Å²) in [7, 11) is 0. The number of aliphatic hydroxyl groups is 2. The number of ether oxygens (including phenoxy) is 2. The Bertz CT molecular complexity index is 1410. The largest absolute Gasteiger partial charge is 0.472 e. The molecule has 11 heteroatoms. The Morgan fingerprint density at radius 2 is 2.05 bits per heavy atom. The van der Waals surface area contributed by atoms with Gasteiger partial charge in [-0.05, 0) is 35.7 Å². The van der Waals surface area contributed by atoms with Crippen LogP contribution in [-0.4, -0.2) is 46.5 Å². The van der Waals surface area contributed by atoms with Crippen LogP contribution in [0.15, 0.2) is 69.3 Å². The molecule has 0 unspecified atom stereocenters. The van der Waals surface area contributed by atoms with Crippen LogP contribution in [0.5, 0.6) is 5.88 Å². The van der Waals surface area contributed by atoms with Crippen molar-refractivity contribution < 1.29 is 28.9 Å². The summed E-state index contributed by atoms with van der Waals surface area (Å²) in [5, 5.41) is 30.4. The predicted octanol–water partition coefficient (Wildman–Crippen LogP) is 4.12. The highest BCUT2D eigenvalue weighted by Crippen LogP contribution is 2.35. The number of aromatic nitrogens is 1. The quantitative estimate of drug-likeness (QED) is 0.234. The van der Waals surface area contributed by atoms with Crippen molar-refractivity contribution in [1.29, 1.82) is 5.26 Å². The fourth-order valence-corrected chi connectivity index (χ4v) is 4.48. The molecule has 4 rings (SSSR count). The zero-order valence-electron chi connectivity index (χ0n) is 19.4. The maximum atomic E-state index is 12.4. The third-order valence-corrected chi connectivity index (χ3v) is 7.11. The first-order valence-electron chi connectivity index (χ1n) is 11.0. The summed E-state index contributed by atoms with van der Waals surface area (Å²) in [6.07, 6.45) is 3.09. The van der Waals surface area contributed by atoms with Crippen molar-refractivity contribution in [3.05, 3.63) is 81.5 Å². The minimum Gasteiger partial charge on any atom is -0.472 e. The number of furan rings is 1. The monoisotopic (exact) mass is 583 g/mol. The van der Waals surface area contributed by atoms with Crippen LogP contribution in [0.3, 0.4) is 0 Å². The summed E-state index contributed by atoms with van der Waals surface area (Å²) in [6, 6.07) is 14.4. The molecular weight excluding hydrogens is 562 g/mol. The second kappa shape index (κ2) is 11.7. The van der Waals surface area contributed by atoms with Crippen molar-refractivity contribution in [3.8, 4) is 33.6 Å². The SMILES string of the molecule is N#Cc1c(-c2ccoc2)cc(-c2cccs2)nc1OCc1ccc(C(=O)OCC(N)(CO)CO)cc1Br. The van der Waals surface area contributed by atoms with E-state index in [-0.39, 0.29) is 30.2 Å². The number of nitrogens with two attached hydrogens (primary N) is 1. The number of carbonyl (C=O) groups excluding carboxylic acids is 1. The van der Waals surface area contributed by atoms with E-state index in [0.717, 1.165) is 10.4 Å². The number of esters is 1. The molecule has 0 radical (unpaired) electrons. The zero-order valence-corrected chi connectivity index (χ0v) is 21.8. The number of halogens is 1. The fraction of sp³-hybridized carbons (Fsp3) is 0.192. The highest BCUT2D eigenvalue weighted by molar-refractivity contribution is 9.10. The Labute approximate surface area is 224 Å². The van der Waals surface area contributed by atoms with Crippen molar-refractivity contribution in [1.82, 2.24) is 4.98 Å². The Hall–Kier alpha value is -3.53. The van der Waals surface area contributed by atoms with E-state index in [1.165, 1.54) is 17.6 Å². The van der Waals surface area contributed by atoms with Gasteiger partial charge in [-0.1, -0.05) is 28.1 Å². The molecule has 3 heterocycles. The summed E-state index contributed by atoms with van der Waals surface area (Å²) < 4.78 is 17.0. The molecule has 3 aromatic heterocycles. The van der Waals surface area contributed by atoms with Gasteiger partial charge >= 0.3 is 5.97 Å². The van der Waals surface area contributed by atoms with E-state index < -0.39 is 24.7 Å². The molecule has 0 aliphatic heterocycles. The molecule has 0 bridgehead atoms. The topological polar surface area (TPSA) is 152 Å². The molecular formula is C26H22BrN3O6S. The number of hydrogen-bond donors (Lipinski definition) is 3. The highest BCUT2D eigenvalue weighted by atomic mass is 79.9. The minimum atomic E-state index is -1.42. The molecule has 0 aliphatic carbocycles. The Morgan fingerprint density at radius 1 is 1.24 bits per heavy atom. The molecule has 0 atom stereocenters. The summed E-state index contributed by atoms with van der Waals surface area (Å²) in [6.45, 7) is -1.35. The number of thiophene rings is 1. The van der Waals surface area contributed by atoms with Crippen molar-refractivity contribution >= 4 is 33.2 Å². The van der Waals surface area contributed by atoms with Gasteiger partial charge in [0.2, 0.25) is 5.88 Å². The van der Waals surface area contributed by atoms with Crippen LogP contribution < -0.4 is 10.5 Å². The zero-order chi connectivity index (χ0) is 26.4. The molecule has 4 N–H and O–H groups in total.